The summed E-state index contributed by atoms with van der Waals surface area (Å²) in [6.07, 6.45) is 0.0431. The maximum Gasteiger partial charge on any atom is 0.318 e. The number of aliphatic hydroxyl groups excluding tert-OH is 1. The Morgan fingerprint density at radius 2 is 2.25 bits per heavy atom. The molecule has 24 heavy (non-hydrogen) atoms. The van der Waals surface area contributed by atoms with Crippen LogP contribution in [0, 0.1) is 6.92 Å². The van der Waals surface area contributed by atoms with Crippen molar-refractivity contribution in [1.29, 1.82) is 0 Å². The Kier molecular flexibility index (Phi) is 5.06. The molecule has 2 amide bonds. The number of aliphatic hydroxyl groups is 1. The van der Waals surface area contributed by atoms with E-state index in [9.17, 15) is 9.90 Å². The fourth-order valence-corrected chi connectivity index (χ4v) is 3.16. The molecule has 0 unspecified atom stereocenters. The average Bonchev–Trinajstić information content (AvgIpc) is 2.89. The Labute approximate surface area is 141 Å². The van der Waals surface area contributed by atoms with E-state index in [1.165, 1.54) is 0 Å². The predicted molar refractivity (Wildman–Crippen MR) is 90.8 cm³/mol. The average molecular weight is 332 g/mol. The van der Waals surface area contributed by atoms with Gasteiger partial charge in [0, 0.05) is 17.5 Å². The van der Waals surface area contributed by atoms with Crippen molar-refractivity contribution in [3.8, 4) is 0 Å². The number of morpholine rings is 1. The highest BCUT2D eigenvalue weighted by Gasteiger charge is 2.28. The van der Waals surface area contributed by atoms with Gasteiger partial charge in [-0.1, -0.05) is 18.2 Å². The molecule has 0 saturated carbocycles. The van der Waals surface area contributed by atoms with E-state index in [1.54, 1.807) is 11.8 Å². The summed E-state index contributed by atoms with van der Waals surface area (Å²) in [5.74, 6) is 0.768. The lowest BCUT2D eigenvalue weighted by Crippen LogP contribution is -2.53. The molecular formula is C18H24N2O4. The number of hydrogen-bond donors (Lipinski definition) is 2. The minimum Gasteiger partial charge on any atom is -0.459 e. The molecule has 6 nitrogen and oxygen atoms in total. The van der Waals surface area contributed by atoms with Gasteiger partial charge in [0.25, 0.3) is 0 Å². The maximum atomic E-state index is 12.5. The number of carbonyl (C=O) groups is 1. The van der Waals surface area contributed by atoms with Crippen molar-refractivity contribution in [3.63, 3.8) is 0 Å². The molecule has 2 aromatic rings. The number of nitrogens with zero attached hydrogens (tertiary/aromatic N) is 1. The van der Waals surface area contributed by atoms with Gasteiger partial charge in [0.15, 0.2) is 0 Å². The van der Waals surface area contributed by atoms with Crippen LogP contribution >= 0.6 is 0 Å². The number of carbonyl (C=O) groups excluding carboxylic acids is 1. The van der Waals surface area contributed by atoms with Gasteiger partial charge in [0.2, 0.25) is 0 Å². The fraction of sp³-hybridized carbons (Fsp3) is 0.500. The first kappa shape index (κ1) is 16.8. The van der Waals surface area contributed by atoms with E-state index in [-0.39, 0.29) is 12.1 Å². The van der Waals surface area contributed by atoms with E-state index in [1.807, 2.05) is 31.2 Å². The van der Waals surface area contributed by atoms with E-state index >= 15 is 0 Å². The van der Waals surface area contributed by atoms with Crippen molar-refractivity contribution >= 4 is 17.0 Å². The molecule has 0 spiro atoms. The highest BCUT2D eigenvalue weighted by molar-refractivity contribution is 5.82. The highest BCUT2D eigenvalue weighted by atomic mass is 16.5. The zero-order valence-electron chi connectivity index (χ0n) is 14.1. The lowest BCUT2D eigenvalue weighted by Gasteiger charge is -2.36. The summed E-state index contributed by atoms with van der Waals surface area (Å²) in [5, 5.41) is 13.6. The molecule has 2 atom stereocenters. The van der Waals surface area contributed by atoms with Crippen LogP contribution < -0.4 is 5.32 Å². The molecule has 0 aliphatic carbocycles. The van der Waals surface area contributed by atoms with Crippen molar-refractivity contribution in [1.82, 2.24) is 10.2 Å². The molecule has 1 aliphatic rings. The molecule has 2 heterocycles. The van der Waals surface area contributed by atoms with Crippen molar-refractivity contribution in [2.75, 3.05) is 19.8 Å². The zero-order valence-corrected chi connectivity index (χ0v) is 14.1. The number of aryl methyl sites for hydroxylation is 1. The SMILES string of the molecule is Cc1c(CNC(=O)N2CCOC[C@@H]2C[C@H](C)O)oc2ccccc12. The largest absolute Gasteiger partial charge is 0.459 e. The van der Waals surface area contributed by atoms with E-state index in [2.05, 4.69) is 5.32 Å². The van der Waals surface area contributed by atoms with Gasteiger partial charge < -0.3 is 24.5 Å². The summed E-state index contributed by atoms with van der Waals surface area (Å²) in [4.78, 5) is 14.3. The molecule has 1 aromatic carbocycles. The van der Waals surface area contributed by atoms with Crippen molar-refractivity contribution in [3.05, 3.63) is 35.6 Å². The van der Waals surface area contributed by atoms with Crippen molar-refractivity contribution in [2.24, 2.45) is 0 Å². The second-order valence-corrected chi connectivity index (χ2v) is 6.31. The van der Waals surface area contributed by atoms with Crippen molar-refractivity contribution in [2.45, 2.75) is 39.0 Å². The topological polar surface area (TPSA) is 74.9 Å². The number of benzene rings is 1. The second kappa shape index (κ2) is 7.23. The molecule has 1 aromatic heterocycles. The number of fused-ring (bicyclic) bond motifs is 1. The Hall–Kier alpha value is -2.05. The molecular weight excluding hydrogens is 308 g/mol. The summed E-state index contributed by atoms with van der Waals surface area (Å²) in [7, 11) is 0. The van der Waals surface area contributed by atoms with Gasteiger partial charge in [-0.2, -0.15) is 0 Å². The maximum absolute atomic E-state index is 12.5. The quantitative estimate of drug-likeness (QED) is 0.902. The van der Waals surface area contributed by atoms with E-state index in [4.69, 9.17) is 9.15 Å². The minimum absolute atomic E-state index is 0.101. The van der Waals surface area contributed by atoms with Gasteiger partial charge in [0.05, 0.1) is 31.9 Å². The van der Waals surface area contributed by atoms with E-state index in [0.717, 1.165) is 22.3 Å². The molecule has 1 fully saturated rings. The van der Waals surface area contributed by atoms with Gasteiger partial charge >= 0.3 is 6.03 Å². The molecule has 3 rings (SSSR count). The number of amides is 2. The third-order valence-corrected chi connectivity index (χ3v) is 4.44. The molecule has 1 saturated heterocycles. The summed E-state index contributed by atoms with van der Waals surface area (Å²) in [6, 6.07) is 7.59. The number of hydrogen-bond acceptors (Lipinski definition) is 4. The third-order valence-electron chi connectivity index (χ3n) is 4.44. The second-order valence-electron chi connectivity index (χ2n) is 6.31. The van der Waals surface area contributed by atoms with Crippen LogP contribution in [-0.2, 0) is 11.3 Å². The lowest BCUT2D eigenvalue weighted by atomic mass is 10.1. The highest BCUT2D eigenvalue weighted by Crippen LogP contribution is 2.24. The Morgan fingerprint density at radius 1 is 1.46 bits per heavy atom. The van der Waals surface area contributed by atoms with Crippen LogP contribution in [0.3, 0.4) is 0 Å². The smallest absolute Gasteiger partial charge is 0.318 e. The van der Waals surface area contributed by atoms with Crippen LogP contribution in [-0.4, -0.2) is 47.9 Å². The first-order valence-electron chi connectivity index (χ1n) is 8.33. The Morgan fingerprint density at radius 3 is 3.00 bits per heavy atom. The van der Waals surface area contributed by atoms with E-state index in [0.29, 0.717) is 32.7 Å². The van der Waals surface area contributed by atoms with Gasteiger partial charge in [-0.3, -0.25) is 0 Å². The first-order chi connectivity index (χ1) is 11.6. The van der Waals surface area contributed by atoms with Crippen LogP contribution in [0.25, 0.3) is 11.0 Å². The summed E-state index contributed by atoms with van der Waals surface area (Å²) < 4.78 is 11.3. The molecule has 1 aliphatic heterocycles. The third kappa shape index (κ3) is 3.55. The van der Waals surface area contributed by atoms with Gasteiger partial charge in [-0.25, -0.2) is 4.79 Å². The zero-order chi connectivity index (χ0) is 17.1. The lowest BCUT2D eigenvalue weighted by molar-refractivity contribution is -0.00444. The monoisotopic (exact) mass is 332 g/mol. The number of urea groups is 1. The van der Waals surface area contributed by atoms with Gasteiger partial charge in [0.1, 0.15) is 11.3 Å². The Bertz CT molecular complexity index is 710. The predicted octanol–water partition coefficient (Wildman–Crippen LogP) is 2.42. The molecule has 6 heteroatoms. The van der Waals surface area contributed by atoms with Crippen LogP contribution in [0.15, 0.2) is 28.7 Å². The van der Waals surface area contributed by atoms with Crippen LogP contribution in [0.5, 0.6) is 0 Å². The number of rotatable bonds is 4. The number of ether oxygens (including phenoxy) is 1. The minimum atomic E-state index is -0.468. The van der Waals surface area contributed by atoms with Gasteiger partial charge in [-0.15, -0.1) is 0 Å². The molecule has 0 bridgehead atoms. The summed E-state index contributed by atoms with van der Waals surface area (Å²) >= 11 is 0. The van der Waals surface area contributed by atoms with E-state index < -0.39 is 6.10 Å². The number of furan rings is 1. The number of para-hydroxylation sites is 1. The standard InChI is InChI=1S/C18H24N2O4/c1-12(21)9-14-11-23-8-7-20(14)18(22)19-10-17-13(2)15-5-3-4-6-16(15)24-17/h3-6,12,14,21H,7-11H2,1-2H3,(H,19,22)/t12-,14-/m0/s1. The normalized spacial score (nSPS) is 19.5. The van der Waals surface area contributed by atoms with Crippen molar-refractivity contribution < 1.29 is 19.1 Å². The molecule has 130 valence electrons. The Balaban J connectivity index is 1.66. The summed E-state index contributed by atoms with van der Waals surface area (Å²) in [5.41, 5.74) is 1.88. The van der Waals surface area contributed by atoms with Crippen LogP contribution in [0.4, 0.5) is 4.79 Å². The van der Waals surface area contributed by atoms with Crippen LogP contribution in [0.2, 0.25) is 0 Å². The van der Waals surface area contributed by atoms with Crippen LogP contribution in [0.1, 0.15) is 24.7 Å². The summed E-state index contributed by atoms with van der Waals surface area (Å²) in [6.45, 7) is 5.58. The first-order valence-corrected chi connectivity index (χ1v) is 8.33. The fourth-order valence-electron chi connectivity index (χ4n) is 3.16. The molecule has 0 radical (unpaired) electrons. The number of nitrogens with one attached hydrogen (secondary N) is 1. The molecule has 2 N–H and O–H groups in total. The van der Waals surface area contributed by atoms with Gasteiger partial charge in [-0.05, 0) is 26.3 Å².